The van der Waals surface area contributed by atoms with Crippen molar-refractivity contribution in [2.75, 3.05) is 14.7 Å². The third kappa shape index (κ3) is 9.33. The van der Waals surface area contributed by atoms with Crippen LogP contribution >= 0.6 is 34.5 Å². The van der Waals surface area contributed by atoms with Gasteiger partial charge >= 0.3 is 0 Å². The number of aryl methyl sites for hydroxylation is 2. The van der Waals surface area contributed by atoms with Crippen molar-refractivity contribution in [3.05, 3.63) is 221 Å². The highest BCUT2D eigenvalue weighted by Gasteiger charge is 2.36. The Labute approximate surface area is 412 Å². The van der Waals surface area contributed by atoms with Crippen molar-refractivity contribution in [2.45, 2.75) is 78.5 Å². The van der Waals surface area contributed by atoms with Gasteiger partial charge in [0.15, 0.2) is 0 Å². The van der Waals surface area contributed by atoms with Gasteiger partial charge in [0.05, 0.1) is 21.8 Å². The summed E-state index contributed by atoms with van der Waals surface area (Å²) in [5.74, 6) is -0.127. The maximum absolute atomic E-state index is 8.06. The van der Waals surface area contributed by atoms with Gasteiger partial charge in [-0.05, 0) is 143 Å². The van der Waals surface area contributed by atoms with E-state index in [4.69, 9.17) is 23.2 Å². The summed E-state index contributed by atoms with van der Waals surface area (Å²) < 4.78 is 1.29. The van der Waals surface area contributed by atoms with E-state index in [1.165, 1.54) is 31.7 Å². The lowest BCUT2D eigenvalue weighted by atomic mass is 9.86. The predicted molar refractivity (Wildman–Crippen MR) is 292 cm³/mol. The van der Waals surface area contributed by atoms with Crippen molar-refractivity contribution in [2.24, 2.45) is 5.92 Å². The zero-order valence-corrected chi connectivity index (χ0v) is 42.3. The molecule has 2 atom stereocenters. The smallest absolute Gasteiger partial charge is 0.0845 e. The van der Waals surface area contributed by atoms with Crippen LogP contribution in [0.1, 0.15) is 70.7 Å². The van der Waals surface area contributed by atoms with Crippen LogP contribution in [0.15, 0.2) is 198 Å². The second kappa shape index (κ2) is 18.6. The number of nitrogens with zero attached hydrogens (tertiary/aromatic N) is 3. The van der Waals surface area contributed by atoms with Gasteiger partial charge in [0.2, 0.25) is 0 Å². The molecule has 3 nitrogen and oxygen atoms in total. The molecule has 2 unspecified atom stereocenters. The maximum Gasteiger partial charge on any atom is 0.0845 e. The van der Waals surface area contributed by atoms with Gasteiger partial charge in [0.1, 0.15) is 0 Å². The Balaban J connectivity index is 1.20. The zero-order valence-electron chi connectivity index (χ0n) is 40.0. The summed E-state index contributed by atoms with van der Waals surface area (Å²) >= 11 is 17.5. The number of para-hydroxylation sites is 2. The van der Waals surface area contributed by atoms with Gasteiger partial charge in [0.25, 0.3) is 0 Å². The molecular weight excluding hydrogens is 878 g/mol. The molecule has 1 aromatic heterocycles. The van der Waals surface area contributed by atoms with Crippen molar-refractivity contribution < 1.29 is 0 Å². The van der Waals surface area contributed by atoms with Gasteiger partial charge in [-0.15, -0.1) is 22.9 Å². The monoisotopic (exact) mass is 935 g/mol. The molecule has 0 aliphatic heterocycles. The first kappa shape index (κ1) is 46.1. The van der Waals surface area contributed by atoms with Gasteiger partial charge in [-0.2, -0.15) is 0 Å². The van der Waals surface area contributed by atoms with Crippen LogP contribution in [-0.4, -0.2) is 5.38 Å². The number of halogens is 2. The number of benzene rings is 7. The third-order valence-electron chi connectivity index (χ3n) is 13.0. The van der Waals surface area contributed by atoms with Gasteiger partial charge in [0, 0.05) is 55.3 Å². The summed E-state index contributed by atoms with van der Waals surface area (Å²) in [6.07, 6.45) is 2.15. The van der Waals surface area contributed by atoms with Gasteiger partial charge in [-0.1, -0.05) is 157 Å². The Hall–Kier alpha value is -6.04. The largest absolute Gasteiger partial charge is 0.312 e. The third-order valence-corrected chi connectivity index (χ3v) is 15.1. The summed E-state index contributed by atoms with van der Waals surface area (Å²) in [5, 5.41) is 1.55. The van der Waals surface area contributed by atoms with Crippen LogP contribution in [0, 0.1) is 19.8 Å². The average Bonchev–Trinajstić information content (AvgIpc) is 3.76. The van der Waals surface area contributed by atoms with Crippen molar-refractivity contribution >= 4 is 84.4 Å². The molecule has 1 aliphatic carbocycles. The molecule has 0 radical (unpaired) electrons. The second-order valence-electron chi connectivity index (χ2n) is 19.9. The lowest BCUT2D eigenvalue weighted by Crippen LogP contribution is -2.33. The molecular formula is C61H59Cl2N3S. The quantitative estimate of drug-likeness (QED) is 0.127. The van der Waals surface area contributed by atoms with E-state index in [1.54, 1.807) is 0 Å². The topological polar surface area (TPSA) is 9.72 Å². The van der Waals surface area contributed by atoms with Crippen molar-refractivity contribution in [3.63, 3.8) is 0 Å². The van der Waals surface area contributed by atoms with E-state index in [-0.39, 0.29) is 22.1 Å². The number of hydrogen-bond acceptors (Lipinski definition) is 4. The summed E-state index contributed by atoms with van der Waals surface area (Å²) in [5.41, 5.74) is 15.0. The van der Waals surface area contributed by atoms with Crippen LogP contribution in [0.25, 0.3) is 20.5 Å². The van der Waals surface area contributed by atoms with Gasteiger partial charge < -0.3 is 14.7 Å². The molecule has 0 fully saturated rings. The SMILES string of the molecule is Cc1cccc(C)c1N(C1=CC(Cl)C(C)C(N(c2ccc(C(C)(C)C)cc2)c2ccc(C(C)(C)C)cc2)=C1Cl)c1cccc(N(c2ccccc2)c2ccc(-c3cc4ccccc4s3)cc2)c1. The molecule has 338 valence electrons. The number of rotatable bonds is 10. The Morgan fingerprint density at radius 1 is 0.493 bits per heavy atom. The standard InChI is InChI=1S/C61H59Cl2N3S/c1-40-17-15-18-41(2)58(40)66(52-23-16-22-51(38-52)64(47-20-11-10-12-21-47)48-31-25-43(26-32-48)56-37-44-19-13-14-24-55(44)67-56)54-39-53(62)42(3)59(57(54)63)65(49-33-27-45(28-34-49)60(4,5)6)50-35-29-46(30-36-50)61(7,8)9/h10-39,42,53H,1-9H3. The summed E-state index contributed by atoms with van der Waals surface area (Å²) in [6.45, 7) is 20.1. The Morgan fingerprint density at radius 2 is 0.970 bits per heavy atom. The van der Waals surface area contributed by atoms with Crippen LogP contribution in [-0.2, 0) is 10.8 Å². The normalized spacial score (nSPS) is 15.4. The molecule has 9 rings (SSSR count). The number of fused-ring (bicyclic) bond motifs is 1. The molecule has 6 heteroatoms. The highest BCUT2D eigenvalue weighted by molar-refractivity contribution is 7.22. The molecule has 1 heterocycles. The molecule has 1 aliphatic rings. The molecule has 0 amide bonds. The Bertz CT molecular complexity index is 2990. The highest BCUT2D eigenvalue weighted by atomic mass is 35.5. The van der Waals surface area contributed by atoms with E-state index < -0.39 is 0 Å². The minimum absolute atomic E-state index is 0.00354. The number of anilines is 7. The Morgan fingerprint density at radius 3 is 1.54 bits per heavy atom. The van der Waals surface area contributed by atoms with Crippen LogP contribution in [0.5, 0.6) is 0 Å². The molecule has 0 saturated heterocycles. The zero-order chi connectivity index (χ0) is 47.2. The minimum Gasteiger partial charge on any atom is -0.312 e. The van der Waals surface area contributed by atoms with E-state index in [9.17, 15) is 0 Å². The fourth-order valence-electron chi connectivity index (χ4n) is 9.21. The van der Waals surface area contributed by atoms with E-state index in [0.717, 1.165) is 62.3 Å². The molecule has 0 saturated carbocycles. The van der Waals surface area contributed by atoms with Crippen molar-refractivity contribution in [1.29, 1.82) is 0 Å². The lowest BCUT2D eigenvalue weighted by Gasteiger charge is -2.40. The molecule has 67 heavy (non-hydrogen) atoms. The molecule has 0 spiro atoms. The predicted octanol–water partition coefficient (Wildman–Crippen LogP) is 18.8. The summed E-state index contributed by atoms with van der Waals surface area (Å²) in [6, 6.07) is 63.6. The highest BCUT2D eigenvalue weighted by Crippen LogP contribution is 2.49. The van der Waals surface area contributed by atoms with Crippen LogP contribution < -0.4 is 14.7 Å². The van der Waals surface area contributed by atoms with Gasteiger partial charge in [-0.25, -0.2) is 0 Å². The minimum atomic E-state index is -0.368. The number of hydrogen-bond donors (Lipinski definition) is 0. The molecule has 0 bridgehead atoms. The average molecular weight is 937 g/mol. The first-order valence-electron chi connectivity index (χ1n) is 23.2. The second-order valence-corrected chi connectivity index (χ2v) is 21.8. The van der Waals surface area contributed by atoms with E-state index in [0.29, 0.717) is 5.03 Å². The van der Waals surface area contributed by atoms with Gasteiger partial charge in [-0.3, -0.25) is 0 Å². The fourth-order valence-corrected chi connectivity index (χ4v) is 10.9. The molecule has 7 aromatic carbocycles. The van der Waals surface area contributed by atoms with E-state index in [2.05, 4.69) is 259 Å². The molecule has 8 aromatic rings. The lowest BCUT2D eigenvalue weighted by molar-refractivity contribution is 0.590. The van der Waals surface area contributed by atoms with Crippen molar-refractivity contribution in [1.82, 2.24) is 0 Å². The van der Waals surface area contributed by atoms with E-state index in [1.807, 2.05) is 11.3 Å². The van der Waals surface area contributed by atoms with Crippen LogP contribution in [0.2, 0.25) is 0 Å². The first-order chi connectivity index (χ1) is 32.1. The van der Waals surface area contributed by atoms with Crippen molar-refractivity contribution in [3.8, 4) is 10.4 Å². The fraction of sp³-hybridized carbons (Fsp3) is 0.213. The maximum atomic E-state index is 8.06. The van der Waals surface area contributed by atoms with Crippen LogP contribution in [0.3, 0.4) is 0 Å². The number of allylic oxidation sites excluding steroid dienone is 3. The first-order valence-corrected chi connectivity index (χ1v) is 24.9. The van der Waals surface area contributed by atoms with Crippen LogP contribution in [0.4, 0.5) is 39.8 Å². The summed E-state index contributed by atoms with van der Waals surface area (Å²) in [4.78, 5) is 8.24. The molecule has 0 N–H and O–H groups in total. The number of thiophene rings is 1. The Kier molecular flexibility index (Phi) is 12.8. The number of alkyl halides is 1. The van der Waals surface area contributed by atoms with E-state index >= 15 is 0 Å². The summed E-state index contributed by atoms with van der Waals surface area (Å²) in [7, 11) is 0.